The first-order valence-corrected chi connectivity index (χ1v) is 6.47. The third-order valence-corrected chi connectivity index (χ3v) is 3.85. The van der Waals surface area contributed by atoms with Crippen LogP contribution in [0.3, 0.4) is 0 Å². The van der Waals surface area contributed by atoms with Gasteiger partial charge in [0.25, 0.3) is 0 Å². The number of fused-ring (bicyclic) bond motifs is 1. The summed E-state index contributed by atoms with van der Waals surface area (Å²) in [7, 11) is 0. The summed E-state index contributed by atoms with van der Waals surface area (Å²) in [5, 5.41) is 12.3. The van der Waals surface area contributed by atoms with Gasteiger partial charge in [0, 0.05) is 25.4 Å². The molecule has 2 saturated heterocycles. The van der Waals surface area contributed by atoms with Crippen LogP contribution < -0.4 is 5.32 Å². The van der Waals surface area contributed by atoms with Gasteiger partial charge in [-0.25, -0.2) is 0 Å². The third-order valence-electron chi connectivity index (χ3n) is 3.85. The van der Waals surface area contributed by atoms with E-state index in [1.165, 1.54) is 0 Å². The molecule has 0 radical (unpaired) electrons. The Kier molecular flexibility index (Phi) is 2.89. The molecule has 2 heterocycles. The molecular weight excluding hydrogens is 244 g/mol. The number of phenols is 1. The lowest BCUT2D eigenvalue weighted by molar-refractivity contribution is -0.130. The summed E-state index contributed by atoms with van der Waals surface area (Å²) < 4.78 is 0. The summed E-state index contributed by atoms with van der Waals surface area (Å²) in [6.07, 6.45) is 0.822. The number of nitrogens with zero attached hydrogens (tertiary/aromatic N) is 1. The van der Waals surface area contributed by atoms with E-state index in [9.17, 15) is 14.7 Å². The lowest BCUT2D eigenvalue weighted by atomic mass is 10.1. The number of hydrogen-bond acceptors (Lipinski definition) is 3. The first-order chi connectivity index (χ1) is 9.11. The van der Waals surface area contributed by atoms with Gasteiger partial charge in [-0.2, -0.15) is 0 Å². The van der Waals surface area contributed by atoms with Crippen molar-refractivity contribution in [3.05, 3.63) is 29.8 Å². The van der Waals surface area contributed by atoms with Crippen LogP contribution in [0.15, 0.2) is 24.3 Å². The minimum absolute atomic E-state index is 0.0502. The van der Waals surface area contributed by atoms with Crippen molar-refractivity contribution in [3.63, 3.8) is 0 Å². The minimum atomic E-state index is 0.0502. The number of hydrogen-bond donors (Lipinski definition) is 2. The van der Waals surface area contributed by atoms with Gasteiger partial charge in [-0.15, -0.1) is 0 Å². The third kappa shape index (κ3) is 2.41. The molecule has 0 saturated carbocycles. The van der Waals surface area contributed by atoms with E-state index in [1.54, 1.807) is 23.1 Å². The topological polar surface area (TPSA) is 69.6 Å². The van der Waals surface area contributed by atoms with Crippen LogP contribution in [0.1, 0.15) is 12.0 Å². The molecule has 19 heavy (non-hydrogen) atoms. The number of phenolic OH excluding ortho intramolecular Hbond substituents is 1. The van der Waals surface area contributed by atoms with Gasteiger partial charge in [-0.05, 0) is 17.7 Å². The number of nitrogens with one attached hydrogen (secondary N) is 1. The molecule has 3 rings (SSSR count). The zero-order valence-corrected chi connectivity index (χ0v) is 10.5. The van der Waals surface area contributed by atoms with Crippen LogP contribution in [0.4, 0.5) is 0 Å². The van der Waals surface area contributed by atoms with Crippen molar-refractivity contribution in [2.24, 2.45) is 5.92 Å². The smallest absolute Gasteiger partial charge is 0.227 e. The zero-order valence-electron chi connectivity index (χ0n) is 10.5. The SMILES string of the molecule is O=C1C[C@H]2CN(C(=O)Cc3cccc(O)c3)C[C@H]2N1. The molecule has 0 aliphatic carbocycles. The Labute approximate surface area is 111 Å². The van der Waals surface area contributed by atoms with Crippen LogP contribution in [-0.4, -0.2) is 41.0 Å². The van der Waals surface area contributed by atoms with Gasteiger partial charge in [-0.1, -0.05) is 12.1 Å². The van der Waals surface area contributed by atoms with Crippen LogP contribution >= 0.6 is 0 Å². The Morgan fingerprint density at radius 3 is 3.00 bits per heavy atom. The Bertz CT molecular complexity index is 513. The number of carbonyl (C=O) groups is 2. The van der Waals surface area contributed by atoms with E-state index >= 15 is 0 Å². The molecule has 0 spiro atoms. The van der Waals surface area contributed by atoms with Crippen LogP contribution in [-0.2, 0) is 16.0 Å². The summed E-state index contributed by atoms with van der Waals surface area (Å²) in [5.74, 6) is 0.584. The standard InChI is InChI=1S/C14H16N2O3/c17-11-3-1-2-9(4-11)5-14(19)16-7-10-6-13(18)15-12(10)8-16/h1-4,10,12,17H,5-8H2,(H,15,18)/t10-,12+/m0/s1. The molecule has 0 aromatic heterocycles. The van der Waals surface area contributed by atoms with E-state index in [0.717, 1.165) is 5.56 Å². The number of likely N-dealkylation sites (tertiary alicyclic amines) is 1. The summed E-state index contributed by atoms with van der Waals surface area (Å²) in [5.41, 5.74) is 0.811. The summed E-state index contributed by atoms with van der Waals surface area (Å²) >= 11 is 0. The number of carbonyl (C=O) groups excluding carboxylic acids is 2. The van der Waals surface area contributed by atoms with Gasteiger partial charge < -0.3 is 15.3 Å². The number of benzene rings is 1. The van der Waals surface area contributed by atoms with E-state index < -0.39 is 0 Å². The molecule has 100 valence electrons. The van der Waals surface area contributed by atoms with Crippen molar-refractivity contribution in [1.29, 1.82) is 0 Å². The molecule has 2 aliphatic heterocycles. The molecule has 2 fully saturated rings. The molecule has 2 aliphatic rings. The Morgan fingerprint density at radius 1 is 1.42 bits per heavy atom. The minimum Gasteiger partial charge on any atom is -0.508 e. The average Bonchev–Trinajstić information content (AvgIpc) is 2.86. The van der Waals surface area contributed by atoms with E-state index in [0.29, 0.717) is 25.9 Å². The highest BCUT2D eigenvalue weighted by molar-refractivity contribution is 5.82. The van der Waals surface area contributed by atoms with E-state index in [4.69, 9.17) is 0 Å². The largest absolute Gasteiger partial charge is 0.508 e. The van der Waals surface area contributed by atoms with Crippen molar-refractivity contribution in [3.8, 4) is 5.75 Å². The number of rotatable bonds is 2. The maximum absolute atomic E-state index is 12.2. The van der Waals surface area contributed by atoms with E-state index in [1.807, 2.05) is 6.07 Å². The zero-order chi connectivity index (χ0) is 13.4. The molecule has 2 amide bonds. The van der Waals surface area contributed by atoms with Gasteiger partial charge in [0.05, 0.1) is 12.5 Å². The van der Waals surface area contributed by atoms with Crippen molar-refractivity contribution in [2.75, 3.05) is 13.1 Å². The molecule has 0 bridgehead atoms. The molecule has 2 N–H and O–H groups in total. The van der Waals surface area contributed by atoms with Gasteiger partial charge in [0.15, 0.2) is 0 Å². The second-order valence-corrected chi connectivity index (χ2v) is 5.28. The molecule has 1 aromatic rings. The maximum Gasteiger partial charge on any atom is 0.227 e. The van der Waals surface area contributed by atoms with Gasteiger partial charge in [0.1, 0.15) is 5.75 Å². The Balaban J connectivity index is 1.62. The molecular formula is C14H16N2O3. The first kappa shape index (κ1) is 12.0. The van der Waals surface area contributed by atoms with Crippen LogP contribution in [0, 0.1) is 5.92 Å². The monoisotopic (exact) mass is 260 g/mol. The summed E-state index contributed by atoms with van der Waals surface area (Å²) in [4.78, 5) is 25.2. The fraction of sp³-hybridized carbons (Fsp3) is 0.429. The highest BCUT2D eigenvalue weighted by Gasteiger charge is 2.41. The van der Waals surface area contributed by atoms with Gasteiger partial charge in [0.2, 0.25) is 11.8 Å². The van der Waals surface area contributed by atoms with Crippen LogP contribution in [0.2, 0.25) is 0 Å². The average molecular weight is 260 g/mol. The fourth-order valence-electron chi connectivity index (χ4n) is 2.90. The van der Waals surface area contributed by atoms with Crippen molar-refractivity contribution in [2.45, 2.75) is 18.9 Å². The lowest BCUT2D eigenvalue weighted by Gasteiger charge is -2.17. The summed E-state index contributed by atoms with van der Waals surface area (Å²) in [6, 6.07) is 6.88. The number of aromatic hydroxyl groups is 1. The second-order valence-electron chi connectivity index (χ2n) is 5.28. The van der Waals surface area contributed by atoms with E-state index in [-0.39, 0.29) is 29.5 Å². The normalized spacial score (nSPS) is 25.3. The number of amides is 2. The molecule has 5 nitrogen and oxygen atoms in total. The summed E-state index contributed by atoms with van der Waals surface area (Å²) in [6.45, 7) is 1.26. The molecule has 5 heteroatoms. The second kappa shape index (κ2) is 4.57. The van der Waals surface area contributed by atoms with Crippen LogP contribution in [0.5, 0.6) is 5.75 Å². The van der Waals surface area contributed by atoms with Crippen molar-refractivity contribution >= 4 is 11.8 Å². The molecule has 0 unspecified atom stereocenters. The van der Waals surface area contributed by atoms with Crippen molar-refractivity contribution in [1.82, 2.24) is 10.2 Å². The maximum atomic E-state index is 12.2. The van der Waals surface area contributed by atoms with Crippen molar-refractivity contribution < 1.29 is 14.7 Å². The predicted octanol–water partition coefficient (Wildman–Crippen LogP) is 0.282. The Morgan fingerprint density at radius 2 is 2.26 bits per heavy atom. The predicted molar refractivity (Wildman–Crippen MR) is 68.4 cm³/mol. The Hall–Kier alpha value is -2.04. The lowest BCUT2D eigenvalue weighted by Crippen LogP contribution is -2.36. The van der Waals surface area contributed by atoms with Gasteiger partial charge in [-0.3, -0.25) is 9.59 Å². The molecule has 1 aromatic carbocycles. The highest BCUT2D eigenvalue weighted by Crippen LogP contribution is 2.26. The van der Waals surface area contributed by atoms with Gasteiger partial charge >= 0.3 is 0 Å². The molecule has 2 atom stereocenters. The quantitative estimate of drug-likeness (QED) is 0.802. The van der Waals surface area contributed by atoms with E-state index in [2.05, 4.69) is 5.32 Å². The fourth-order valence-corrected chi connectivity index (χ4v) is 2.90. The first-order valence-electron chi connectivity index (χ1n) is 6.47. The highest BCUT2D eigenvalue weighted by atomic mass is 16.3. The van der Waals surface area contributed by atoms with Crippen LogP contribution in [0.25, 0.3) is 0 Å².